The minimum atomic E-state index is -0.512. The number of carbonyl (C=O) groups is 1. The fourth-order valence-corrected chi connectivity index (χ4v) is 2.43. The van der Waals surface area contributed by atoms with E-state index in [4.69, 9.17) is 0 Å². The molecule has 0 bridgehead atoms. The van der Waals surface area contributed by atoms with Crippen LogP contribution in [0.4, 0.5) is 5.69 Å². The Morgan fingerprint density at radius 3 is 2.83 bits per heavy atom. The Bertz CT molecular complexity index is 940. The number of nitrogens with zero attached hydrogens (tertiary/aromatic N) is 4. The standard InChI is InChI=1S/C18H16N4O2/c1-3-10-22-15-7-5-4-6-14(15)16(18(22)24)20-21-17(23)13-9-8-12(2)19-11-13/h3-9,11,24H,1,10H2,2H3. The normalized spacial score (nSPS) is 11.2. The summed E-state index contributed by atoms with van der Waals surface area (Å²) in [6.07, 6.45) is 3.13. The molecule has 0 saturated carbocycles. The van der Waals surface area contributed by atoms with E-state index < -0.39 is 5.91 Å². The van der Waals surface area contributed by atoms with Crippen molar-refractivity contribution in [3.05, 3.63) is 66.5 Å². The molecule has 1 N–H and O–H groups in total. The van der Waals surface area contributed by atoms with Gasteiger partial charge >= 0.3 is 0 Å². The van der Waals surface area contributed by atoms with E-state index in [0.717, 1.165) is 16.6 Å². The molecule has 6 heteroatoms. The molecule has 0 aliphatic heterocycles. The molecular weight excluding hydrogens is 304 g/mol. The molecule has 0 atom stereocenters. The van der Waals surface area contributed by atoms with Gasteiger partial charge in [0.2, 0.25) is 5.88 Å². The number of amides is 1. The van der Waals surface area contributed by atoms with Gasteiger partial charge < -0.3 is 9.67 Å². The molecule has 2 heterocycles. The monoisotopic (exact) mass is 320 g/mol. The van der Waals surface area contributed by atoms with E-state index in [1.54, 1.807) is 22.8 Å². The third-order valence-corrected chi connectivity index (χ3v) is 3.63. The van der Waals surface area contributed by atoms with Crippen molar-refractivity contribution in [1.29, 1.82) is 0 Å². The largest absolute Gasteiger partial charge is 0.493 e. The number of fused-ring (bicyclic) bond motifs is 1. The van der Waals surface area contributed by atoms with Crippen LogP contribution in [0.25, 0.3) is 10.9 Å². The fraction of sp³-hybridized carbons (Fsp3) is 0.111. The zero-order chi connectivity index (χ0) is 17.1. The van der Waals surface area contributed by atoms with Crippen molar-refractivity contribution in [2.45, 2.75) is 13.5 Å². The molecule has 0 aliphatic rings. The van der Waals surface area contributed by atoms with Gasteiger partial charge in [-0.1, -0.05) is 24.3 Å². The molecular formula is C18H16N4O2. The number of benzene rings is 1. The summed E-state index contributed by atoms with van der Waals surface area (Å²) in [6, 6.07) is 10.8. The van der Waals surface area contributed by atoms with Crippen LogP contribution < -0.4 is 0 Å². The van der Waals surface area contributed by atoms with Crippen molar-refractivity contribution in [1.82, 2.24) is 9.55 Å². The molecule has 0 unspecified atom stereocenters. The van der Waals surface area contributed by atoms with Gasteiger partial charge in [0.25, 0.3) is 5.91 Å². The van der Waals surface area contributed by atoms with Crippen molar-refractivity contribution < 1.29 is 9.90 Å². The number of aryl methyl sites for hydroxylation is 1. The first-order valence-corrected chi connectivity index (χ1v) is 7.41. The number of azo groups is 1. The highest BCUT2D eigenvalue weighted by Gasteiger charge is 2.16. The summed E-state index contributed by atoms with van der Waals surface area (Å²) < 4.78 is 1.66. The van der Waals surface area contributed by atoms with E-state index in [2.05, 4.69) is 21.8 Å². The van der Waals surface area contributed by atoms with Crippen LogP contribution >= 0.6 is 0 Å². The van der Waals surface area contributed by atoms with Gasteiger partial charge in [0.1, 0.15) is 0 Å². The summed E-state index contributed by atoms with van der Waals surface area (Å²) >= 11 is 0. The summed E-state index contributed by atoms with van der Waals surface area (Å²) in [5.74, 6) is -0.558. The lowest BCUT2D eigenvalue weighted by Gasteiger charge is -2.01. The van der Waals surface area contributed by atoms with Crippen LogP contribution in [-0.2, 0) is 6.54 Å². The number of allylic oxidation sites excluding steroid dienone is 1. The van der Waals surface area contributed by atoms with Crippen LogP contribution in [0.2, 0.25) is 0 Å². The highest BCUT2D eigenvalue weighted by atomic mass is 16.3. The highest BCUT2D eigenvalue weighted by molar-refractivity contribution is 5.97. The zero-order valence-corrected chi connectivity index (χ0v) is 13.2. The number of hydrogen-bond donors (Lipinski definition) is 1. The van der Waals surface area contributed by atoms with Gasteiger partial charge in [-0.3, -0.25) is 9.78 Å². The molecule has 24 heavy (non-hydrogen) atoms. The minimum Gasteiger partial charge on any atom is -0.493 e. The van der Waals surface area contributed by atoms with Crippen LogP contribution in [0.15, 0.2) is 65.5 Å². The second-order valence-electron chi connectivity index (χ2n) is 5.28. The fourth-order valence-electron chi connectivity index (χ4n) is 2.43. The number of rotatable bonds is 4. The molecule has 120 valence electrons. The summed E-state index contributed by atoms with van der Waals surface area (Å²) in [7, 11) is 0. The lowest BCUT2D eigenvalue weighted by atomic mass is 10.2. The zero-order valence-electron chi connectivity index (χ0n) is 13.2. The minimum absolute atomic E-state index is 0.0466. The first-order chi connectivity index (χ1) is 11.6. The third-order valence-electron chi connectivity index (χ3n) is 3.63. The van der Waals surface area contributed by atoms with Crippen LogP contribution in [-0.4, -0.2) is 20.6 Å². The first-order valence-electron chi connectivity index (χ1n) is 7.41. The average Bonchev–Trinajstić information content (AvgIpc) is 2.86. The van der Waals surface area contributed by atoms with E-state index in [9.17, 15) is 9.90 Å². The van der Waals surface area contributed by atoms with Crippen molar-refractivity contribution in [3.63, 3.8) is 0 Å². The maximum atomic E-state index is 12.1. The summed E-state index contributed by atoms with van der Waals surface area (Å²) in [6.45, 7) is 5.95. The van der Waals surface area contributed by atoms with Crippen molar-refractivity contribution in [2.75, 3.05) is 0 Å². The quantitative estimate of drug-likeness (QED) is 0.579. The Balaban J connectivity index is 2.00. The van der Waals surface area contributed by atoms with Gasteiger partial charge in [-0.15, -0.1) is 16.8 Å². The number of pyridine rings is 1. The van der Waals surface area contributed by atoms with Gasteiger partial charge in [-0.2, -0.15) is 0 Å². The topological polar surface area (TPSA) is 79.8 Å². The second kappa shape index (κ2) is 6.45. The van der Waals surface area contributed by atoms with Crippen LogP contribution in [0.1, 0.15) is 16.1 Å². The molecule has 3 rings (SSSR count). The molecule has 1 aromatic carbocycles. The van der Waals surface area contributed by atoms with Crippen molar-refractivity contribution >= 4 is 22.5 Å². The summed E-state index contributed by atoms with van der Waals surface area (Å²) in [4.78, 5) is 16.2. The second-order valence-corrected chi connectivity index (χ2v) is 5.28. The molecule has 1 amide bonds. The molecule has 0 aliphatic carbocycles. The molecule has 6 nitrogen and oxygen atoms in total. The third kappa shape index (κ3) is 2.81. The Morgan fingerprint density at radius 1 is 1.33 bits per heavy atom. The number of aromatic hydroxyl groups is 1. The Kier molecular flexibility index (Phi) is 4.20. The van der Waals surface area contributed by atoms with Crippen LogP contribution in [0.3, 0.4) is 0 Å². The Morgan fingerprint density at radius 2 is 2.12 bits per heavy atom. The predicted octanol–water partition coefficient (Wildman–Crippen LogP) is 4.16. The number of hydrogen-bond acceptors (Lipinski definition) is 4. The van der Waals surface area contributed by atoms with Gasteiger partial charge in [0.05, 0.1) is 11.1 Å². The highest BCUT2D eigenvalue weighted by Crippen LogP contribution is 2.38. The molecule has 0 saturated heterocycles. The molecule has 3 aromatic rings. The van der Waals surface area contributed by atoms with E-state index in [-0.39, 0.29) is 11.6 Å². The van der Waals surface area contributed by atoms with Crippen molar-refractivity contribution in [2.24, 2.45) is 10.2 Å². The van der Waals surface area contributed by atoms with Gasteiger partial charge in [0.15, 0.2) is 5.69 Å². The van der Waals surface area contributed by atoms with E-state index in [0.29, 0.717) is 12.1 Å². The molecule has 2 aromatic heterocycles. The summed E-state index contributed by atoms with van der Waals surface area (Å²) in [5.41, 5.74) is 2.22. The number of aromatic nitrogens is 2. The maximum Gasteiger partial charge on any atom is 0.296 e. The predicted molar refractivity (Wildman–Crippen MR) is 91.6 cm³/mol. The van der Waals surface area contributed by atoms with Crippen molar-refractivity contribution in [3.8, 4) is 5.88 Å². The smallest absolute Gasteiger partial charge is 0.296 e. The lowest BCUT2D eigenvalue weighted by Crippen LogP contribution is -1.95. The van der Waals surface area contributed by atoms with Gasteiger partial charge in [-0.05, 0) is 25.1 Å². The van der Waals surface area contributed by atoms with E-state index in [1.165, 1.54) is 6.20 Å². The molecule has 0 fully saturated rings. The average molecular weight is 320 g/mol. The first kappa shape index (κ1) is 15.6. The van der Waals surface area contributed by atoms with E-state index in [1.807, 2.05) is 31.2 Å². The van der Waals surface area contributed by atoms with E-state index >= 15 is 0 Å². The Labute approximate surface area is 138 Å². The SMILES string of the molecule is C=CCn1c(O)c(N=NC(=O)c2ccc(C)nc2)c2ccccc21. The molecule has 0 spiro atoms. The number of para-hydroxylation sites is 1. The maximum absolute atomic E-state index is 12.1. The van der Waals surface area contributed by atoms with Gasteiger partial charge in [0, 0.05) is 23.8 Å². The van der Waals surface area contributed by atoms with Crippen LogP contribution in [0, 0.1) is 6.92 Å². The number of carbonyl (C=O) groups excluding carboxylic acids is 1. The molecule has 0 radical (unpaired) electrons. The lowest BCUT2D eigenvalue weighted by molar-refractivity contribution is 0.0994. The van der Waals surface area contributed by atoms with Gasteiger partial charge in [-0.25, -0.2) is 0 Å². The Hall–Kier alpha value is -3.28. The van der Waals surface area contributed by atoms with Crippen LogP contribution in [0.5, 0.6) is 5.88 Å². The summed E-state index contributed by atoms with van der Waals surface area (Å²) in [5, 5.41) is 18.8.